The number of hydrogen-bond donors (Lipinski definition) is 2. The Morgan fingerprint density at radius 2 is 2.12 bits per heavy atom. The van der Waals surface area contributed by atoms with Crippen LogP contribution in [0.25, 0.3) is 0 Å². The highest BCUT2D eigenvalue weighted by atomic mass is 16.6. The maximum absolute atomic E-state index is 10.1. The van der Waals surface area contributed by atoms with Gasteiger partial charge in [0, 0.05) is 12.6 Å². The van der Waals surface area contributed by atoms with E-state index in [1.54, 1.807) is 6.08 Å². The highest BCUT2D eigenvalue weighted by molar-refractivity contribution is 5.00. The molecular formula is C13H25NO3. The first-order chi connectivity index (χ1) is 7.85. The maximum Gasteiger partial charge on any atom is 0.217 e. The second-order valence-corrected chi connectivity index (χ2v) is 5.66. The van der Waals surface area contributed by atoms with Crippen molar-refractivity contribution in [2.24, 2.45) is 5.92 Å². The van der Waals surface area contributed by atoms with Gasteiger partial charge in [0.05, 0.1) is 12.2 Å². The van der Waals surface area contributed by atoms with Gasteiger partial charge in [-0.25, -0.2) is 4.90 Å². The maximum atomic E-state index is 10.1. The lowest BCUT2D eigenvalue weighted by molar-refractivity contribution is -0.240. The van der Waals surface area contributed by atoms with Crippen molar-refractivity contribution in [1.82, 2.24) is 4.90 Å². The standard InChI is InChI=1S/C13H25NO3/c1-10-7-8-14(11(10)6-5-9-15)12(16)17-13(2,3)4/h5-6,10-12,15-16H,7-9H2,1-4H3/b6-5+/t10-,11+,12?/m0/s1. The summed E-state index contributed by atoms with van der Waals surface area (Å²) < 4.78 is 5.57. The average Bonchev–Trinajstić information content (AvgIpc) is 2.54. The van der Waals surface area contributed by atoms with Crippen LogP contribution < -0.4 is 0 Å². The molecule has 0 aromatic heterocycles. The van der Waals surface area contributed by atoms with Crippen LogP contribution in [0.2, 0.25) is 0 Å². The molecule has 17 heavy (non-hydrogen) atoms. The van der Waals surface area contributed by atoms with Crippen molar-refractivity contribution in [1.29, 1.82) is 0 Å². The van der Waals surface area contributed by atoms with Crippen LogP contribution in [0.4, 0.5) is 0 Å². The van der Waals surface area contributed by atoms with Crippen molar-refractivity contribution in [3.05, 3.63) is 12.2 Å². The predicted octanol–water partition coefficient (Wildman–Crippen LogP) is 1.34. The molecule has 0 amide bonds. The van der Waals surface area contributed by atoms with E-state index in [2.05, 4.69) is 6.92 Å². The number of ether oxygens (including phenoxy) is 1. The van der Waals surface area contributed by atoms with Gasteiger partial charge in [0.25, 0.3) is 0 Å². The third-order valence-electron chi connectivity index (χ3n) is 2.99. The fraction of sp³-hybridized carbons (Fsp3) is 0.846. The molecular weight excluding hydrogens is 218 g/mol. The minimum Gasteiger partial charge on any atom is -0.392 e. The smallest absolute Gasteiger partial charge is 0.217 e. The molecule has 0 spiro atoms. The Labute approximate surface area is 104 Å². The summed E-state index contributed by atoms with van der Waals surface area (Å²) in [6, 6.07) is 0.138. The van der Waals surface area contributed by atoms with Crippen LogP contribution in [0.1, 0.15) is 34.1 Å². The third kappa shape index (κ3) is 4.39. The summed E-state index contributed by atoms with van der Waals surface area (Å²) in [5.41, 5.74) is -0.365. The highest BCUT2D eigenvalue weighted by Gasteiger charge is 2.35. The molecule has 0 aromatic carbocycles. The second-order valence-electron chi connectivity index (χ2n) is 5.66. The molecule has 1 saturated heterocycles. The van der Waals surface area contributed by atoms with Crippen molar-refractivity contribution < 1.29 is 14.9 Å². The zero-order chi connectivity index (χ0) is 13.1. The number of rotatable bonds is 4. The summed E-state index contributed by atoms with van der Waals surface area (Å²) in [6.07, 6.45) is 3.83. The molecule has 0 aliphatic carbocycles. The molecule has 0 aromatic rings. The van der Waals surface area contributed by atoms with Crippen molar-refractivity contribution in [3.8, 4) is 0 Å². The topological polar surface area (TPSA) is 52.9 Å². The second kappa shape index (κ2) is 5.96. The van der Waals surface area contributed by atoms with Gasteiger partial charge in [0.1, 0.15) is 0 Å². The summed E-state index contributed by atoms with van der Waals surface area (Å²) in [4.78, 5) is 1.93. The lowest BCUT2D eigenvalue weighted by atomic mass is 10.0. The average molecular weight is 243 g/mol. The Balaban J connectivity index is 2.65. The van der Waals surface area contributed by atoms with Crippen LogP contribution >= 0.6 is 0 Å². The Kier molecular flexibility index (Phi) is 5.13. The zero-order valence-corrected chi connectivity index (χ0v) is 11.3. The van der Waals surface area contributed by atoms with E-state index in [-0.39, 0.29) is 18.2 Å². The van der Waals surface area contributed by atoms with E-state index in [1.165, 1.54) is 0 Å². The fourth-order valence-corrected chi connectivity index (χ4v) is 2.14. The summed E-state index contributed by atoms with van der Waals surface area (Å²) in [6.45, 7) is 8.78. The molecule has 0 radical (unpaired) electrons. The van der Waals surface area contributed by atoms with Gasteiger partial charge in [-0.15, -0.1) is 0 Å². The first kappa shape index (κ1) is 14.6. The molecule has 0 saturated carbocycles. The van der Waals surface area contributed by atoms with Crippen molar-refractivity contribution in [2.45, 2.75) is 52.2 Å². The minimum atomic E-state index is -0.881. The fourth-order valence-electron chi connectivity index (χ4n) is 2.14. The van der Waals surface area contributed by atoms with Gasteiger partial charge in [-0.2, -0.15) is 0 Å². The number of aliphatic hydroxyl groups excluding tert-OH is 2. The molecule has 1 heterocycles. The molecule has 3 atom stereocenters. The molecule has 1 rings (SSSR count). The van der Waals surface area contributed by atoms with Crippen LogP contribution in [-0.2, 0) is 4.74 Å². The van der Waals surface area contributed by atoms with E-state index in [4.69, 9.17) is 9.84 Å². The van der Waals surface area contributed by atoms with Gasteiger partial charge < -0.3 is 14.9 Å². The van der Waals surface area contributed by atoms with Gasteiger partial charge in [-0.3, -0.25) is 0 Å². The SMILES string of the molecule is C[C@H]1CCN(C(O)OC(C)(C)C)[C@@H]1/C=C/CO. The van der Waals surface area contributed by atoms with Crippen LogP contribution in [0, 0.1) is 5.92 Å². The van der Waals surface area contributed by atoms with Gasteiger partial charge >= 0.3 is 0 Å². The zero-order valence-electron chi connectivity index (χ0n) is 11.3. The van der Waals surface area contributed by atoms with Crippen LogP contribution in [0.5, 0.6) is 0 Å². The molecule has 100 valence electrons. The monoisotopic (exact) mass is 243 g/mol. The summed E-state index contributed by atoms with van der Waals surface area (Å²) in [5.74, 6) is 0.469. The first-order valence-electron chi connectivity index (χ1n) is 6.24. The quantitative estimate of drug-likeness (QED) is 0.578. The van der Waals surface area contributed by atoms with Crippen molar-refractivity contribution in [3.63, 3.8) is 0 Å². The highest BCUT2D eigenvalue weighted by Crippen LogP contribution is 2.28. The Bertz CT molecular complexity index is 260. The third-order valence-corrected chi connectivity index (χ3v) is 2.99. The molecule has 1 aliphatic rings. The molecule has 4 heteroatoms. The molecule has 4 nitrogen and oxygen atoms in total. The Hall–Kier alpha value is -0.420. The summed E-state index contributed by atoms with van der Waals surface area (Å²) in [5, 5.41) is 18.9. The molecule has 0 bridgehead atoms. The van der Waals surface area contributed by atoms with Crippen LogP contribution in [-0.4, -0.2) is 46.3 Å². The van der Waals surface area contributed by atoms with E-state index in [0.29, 0.717) is 5.92 Å². The minimum absolute atomic E-state index is 0.0350. The Morgan fingerprint density at radius 1 is 1.47 bits per heavy atom. The van der Waals surface area contributed by atoms with E-state index >= 15 is 0 Å². The van der Waals surface area contributed by atoms with Gasteiger partial charge in [-0.05, 0) is 33.1 Å². The summed E-state index contributed by atoms with van der Waals surface area (Å²) in [7, 11) is 0. The molecule has 1 fully saturated rings. The van der Waals surface area contributed by atoms with E-state index in [9.17, 15) is 5.11 Å². The predicted molar refractivity (Wildman–Crippen MR) is 67.3 cm³/mol. The largest absolute Gasteiger partial charge is 0.392 e. The number of aliphatic hydroxyl groups is 2. The Morgan fingerprint density at radius 3 is 2.65 bits per heavy atom. The van der Waals surface area contributed by atoms with E-state index < -0.39 is 6.41 Å². The van der Waals surface area contributed by atoms with Crippen molar-refractivity contribution in [2.75, 3.05) is 13.2 Å². The number of nitrogens with zero attached hydrogens (tertiary/aromatic N) is 1. The lowest BCUT2D eigenvalue weighted by Crippen LogP contribution is -2.44. The lowest BCUT2D eigenvalue weighted by Gasteiger charge is -2.33. The van der Waals surface area contributed by atoms with Crippen LogP contribution in [0.3, 0.4) is 0 Å². The molecule has 1 unspecified atom stereocenters. The molecule has 2 N–H and O–H groups in total. The number of likely N-dealkylation sites (tertiary alicyclic amines) is 1. The first-order valence-corrected chi connectivity index (χ1v) is 6.24. The van der Waals surface area contributed by atoms with Gasteiger partial charge in [0.2, 0.25) is 6.41 Å². The van der Waals surface area contributed by atoms with Gasteiger partial charge in [-0.1, -0.05) is 19.1 Å². The number of hydrogen-bond acceptors (Lipinski definition) is 4. The van der Waals surface area contributed by atoms with Crippen LogP contribution in [0.15, 0.2) is 12.2 Å². The van der Waals surface area contributed by atoms with Crippen molar-refractivity contribution >= 4 is 0 Å². The molecule has 1 aliphatic heterocycles. The summed E-state index contributed by atoms with van der Waals surface area (Å²) >= 11 is 0. The van der Waals surface area contributed by atoms with E-state index in [1.807, 2.05) is 31.7 Å². The normalized spacial score (nSPS) is 29.1. The van der Waals surface area contributed by atoms with E-state index in [0.717, 1.165) is 13.0 Å². The van der Waals surface area contributed by atoms with Gasteiger partial charge in [0.15, 0.2) is 0 Å².